The lowest BCUT2D eigenvalue weighted by molar-refractivity contribution is -0.0432. The number of hydrogen-bond acceptors (Lipinski definition) is 7. The molecule has 2 aromatic heterocycles. The van der Waals surface area contributed by atoms with E-state index in [-0.39, 0.29) is 17.7 Å². The fourth-order valence-electron chi connectivity index (χ4n) is 2.17. The minimum Gasteiger partial charge on any atom is -0.394 e. The fraction of sp³-hybridized carbons (Fsp3) is 0.500. The lowest BCUT2D eigenvalue weighted by atomic mass is 10.2. The molecule has 0 radical (unpaired) electrons. The number of halogens is 1. The molecule has 8 nitrogen and oxygen atoms in total. The van der Waals surface area contributed by atoms with E-state index in [1.807, 2.05) is 0 Å². The van der Waals surface area contributed by atoms with Crippen LogP contribution in [0.15, 0.2) is 6.33 Å². The third-order valence-corrected chi connectivity index (χ3v) is 3.28. The van der Waals surface area contributed by atoms with Crippen molar-refractivity contribution in [3.8, 4) is 0 Å². The summed E-state index contributed by atoms with van der Waals surface area (Å²) in [5, 5.41) is 18.8. The second-order valence-electron chi connectivity index (χ2n) is 4.32. The highest BCUT2D eigenvalue weighted by molar-refractivity contribution is 6.28. The summed E-state index contributed by atoms with van der Waals surface area (Å²) in [7, 11) is 0. The zero-order chi connectivity index (χ0) is 13.6. The molecule has 0 saturated carbocycles. The molecule has 0 bridgehead atoms. The molecule has 1 aliphatic heterocycles. The normalized spacial score (nSPS) is 27.2. The summed E-state index contributed by atoms with van der Waals surface area (Å²) in [5.41, 5.74) is 6.57. The fourth-order valence-corrected chi connectivity index (χ4v) is 2.34. The number of nitrogen functional groups attached to an aromatic ring is 1. The van der Waals surface area contributed by atoms with E-state index in [0.717, 1.165) is 0 Å². The maximum atomic E-state index is 9.74. The molecule has 3 atom stereocenters. The smallest absolute Gasteiger partial charge is 0.226 e. The maximum absolute atomic E-state index is 9.74. The number of aromatic nitrogens is 4. The molecule has 0 aliphatic carbocycles. The Morgan fingerprint density at radius 1 is 1.53 bits per heavy atom. The van der Waals surface area contributed by atoms with Crippen LogP contribution in [0.4, 0.5) is 5.82 Å². The first-order valence-electron chi connectivity index (χ1n) is 5.70. The number of imidazole rings is 1. The molecule has 9 heteroatoms. The van der Waals surface area contributed by atoms with Crippen LogP contribution in [0.3, 0.4) is 0 Å². The van der Waals surface area contributed by atoms with E-state index >= 15 is 0 Å². The molecule has 19 heavy (non-hydrogen) atoms. The second-order valence-corrected chi connectivity index (χ2v) is 4.65. The van der Waals surface area contributed by atoms with Gasteiger partial charge in [0.2, 0.25) is 5.28 Å². The van der Waals surface area contributed by atoms with E-state index in [1.165, 1.54) is 6.33 Å². The molecule has 4 N–H and O–H groups in total. The average molecular weight is 286 g/mol. The van der Waals surface area contributed by atoms with Crippen LogP contribution < -0.4 is 5.73 Å². The van der Waals surface area contributed by atoms with Crippen LogP contribution in [0.5, 0.6) is 0 Å². The van der Waals surface area contributed by atoms with Crippen molar-refractivity contribution in [2.45, 2.75) is 24.9 Å². The maximum Gasteiger partial charge on any atom is 0.226 e. The van der Waals surface area contributed by atoms with Crippen molar-refractivity contribution in [3.63, 3.8) is 0 Å². The summed E-state index contributed by atoms with van der Waals surface area (Å²) in [6, 6.07) is 0. The highest BCUT2D eigenvalue weighted by atomic mass is 35.5. The van der Waals surface area contributed by atoms with Crippen molar-refractivity contribution in [2.24, 2.45) is 0 Å². The summed E-state index contributed by atoms with van der Waals surface area (Å²) in [6.45, 7) is -0.248. The molecule has 0 amide bonds. The van der Waals surface area contributed by atoms with Crippen molar-refractivity contribution in [3.05, 3.63) is 11.6 Å². The van der Waals surface area contributed by atoms with Crippen LogP contribution in [-0.4, -0.2) is 48.5 Å². The van der Waals surface area contributed by atoms with Crippen LogP contribution >= 0.6 is 11.6 Å². The third-order valence-electron chi connectivity index (χ3n) is 3.12. The van der Waals surface area contributed by atoms with Gasteiger partial charge in [-0.15, -0.1) is 0 Å². The number of rotatable bonds is 2. The molecular formula is C10H12ClN5O3. The summed E-state index contributed by atoms with van der Waals surface area (Å²) >= 11 is 5.77. The van der Waals surface area contributed by atoms with Gasteiger partial charge in [0.1, 0.15) is 17.8 Å². The number of nitrogens with two attached hydrogens (primary N) is 1. The second kappa shape index (κ2) is 4.57. The summed E-state index contributed by atoms with van der Waals surface area (Å²) in [6.07, 6.45) is 0.0169. The van der Waals surface area contributed by atoms with Gasteiger partial charge in [-0.05, 0) is 11.6 Å². The molecular weight excluding hydrogens is 274 g/mol. The topological polar surface area (TPSA) is 119 Å². The molecule has 0 unspecified atom stereocenters. The van der Waals surface area contributed by atoms with Crippen molar-refractivity contribution in [1.82, 2.24) is 19.5 Å². The Kier molecular flexibility index (Phi) is 3.02. The van der Waals surface area contributed by atoms with Crippen LogP contribution in [0, 0.1) is 0 Å². The lowest BCUT2D eigenvalue weighted by Crippen LogP contribution is -2.24. The van der Waals surface area contributed by atoms with Crippen molar-refractivity contribution >= 4 is 28.6 Å². The first kappa shape index (κ1) is 12.5. The number of hydrogen-bond donors (Lipinski definition) is 3. The van der Waals surface area contributed by atoms with Gasteiger partial charge in [0.15, 0.2) is 11.5 Å². The minimum atomic E-state index is -0.734. The van der Waals surface area contributed by atoms with E-state index in [1.54, 1.807) is 4.57 Å². The first-order chi connectivity index (χ1) is 9.10. The van der Waals surface area contributed by atoms with Gasteiger partial charge in [-0.3, -0.25) is 4.57 Å². The van der Waals surface area contributed by atoms with Crippen LogP contribution in [0.2, 0.25) is 5.28 Å². The van der Waals surface area contributed by atoms with Gasteiger partial charge in [0.25, 0.3) is 0 Å². The van der Waals surface area contributed by atoms with Crippen LogP contribution in [0.25, 0.3) is 11.2 Å². The molecule has 1 saturated heterocycles. The summed E-state index contributed by atoms with van der Waals surface area (Å²) < 4.78 is 7.16. The highest BCUT2D eigenvalue weighted by Crippen LogP contribution is 2.31. The van der Waals surface area contributed by atoms with E-state index in [4.69, 9.17) is 27.2 Å². The van der Waals surface area contributed by atoms with E-state index in [9.17, 15) is 5.11 Å². The Morgan fingerprint density at radius 3 is 3.00 bits per heavy atom. The van der Waals surface area contributed by atoms with Crippen molar-refractivity contribution in [1.29, 1.82) is 0 Å². The number of nitrogens with zero attached hydrogens (tertiary/aromatic N) is 4. The van der Waals surface area contributed by atoms with E-state index < -0.39 is 18.4 Å². The van der Waals surface area contributed by atoms with Crippen molar-refractivity contribution in [2.75, 3.05) is 12.3 Å². The lowest BCUT2D eigenvalue weighted by Gasteiger charge is -2.13. The average Bonchev–Trinajstić information content (AvgIpc) is 2.92. The summed E-state index contributed by atoms with van der Waals surface area (Å²) in [5.74, 6) is 0.186. The van der Waals surface area contributed by atoms with Crippen molar-refractivity contribution < 1.29 is 14.9 Å². The number of fused-ring (bicyclic) bond motifs is 1. The van der Waals surface area contributed by atoms with E-state index in [0.29, 0.717) is 17.6 Å². The zero-order valence-corrected chi connectivity index (χ0v) is 10.5. The first-order valence-corrected chi connectivity index (χ1v) is 6.08. The molecule has 2 aromatic rings. The Balaban J connectivity index is 2.02. The Bertz CT molecular complexity index is 618. The van der Waals surface area contributed by atoms with Gasteiger partial charge >= 0.3 is 0 Å². The summed E-state index contributed by atoms with van der Waals surface area (Å²) in [4.78, 5) is 12.0. The number of aliphatic hydroxyl groups excluding tert-OH is 2. The van der Waals surface area contributed by atoms with Gasteiger partial charge in [0.05, 0.1) is 19.0 Å². The largest absolute Gasteiger partial charge is 0.394 e. The van der Waals surface area contributed by atoms with Gasteiger partial charge in [-0.1, -0.05) is 0 Å². The Hall–Kier alpha value is -1.48. The SMILES string of the molecule is Nc1nc(Cl)nc2c1ncn2[C@H]1C[C@@H](O)[C@H](CO)O1. The Morgan fingerprint density at radius 2 is 2.32 bits per heavy atom. The quantitative estimate of drug-likeness (QED) is 0.648. The predicted molar refractivity (Wildman–Crippen MR) is 66.4 cm³/mol. The van der Waals surface area contributed by atoms with Gasteiger partial charge < -0.3 is 20.7 Å². The molecule has 3 rings (SSSR count). The minimum absolute atomic E-state index is 0.0176. The van der Waals surface area contributed by atoms with Gasteiger partial charge in [0, 0.05) is 6.42 Å². The Labute approximate surface area is 112 Å². The number of anilines is 1. The monoisotopic (exact) mass is 285 g/mol. The molecule has 0 aromatic carbocycles. The molecule has 102 valence electrons. The molecule has 1 fully saturated rings. The standard InChI is InChI=1S/C10H12ClN5O3/c11-10-14-8(12)7-9(15-10)16(3-13-7)6-1-4(18)5(2-17)19-6/h3-6,17-18H,1-2H2,(H2,12,14,15)/t4-,5+,6-/m1/s1. The van der Waals surface area contributed by atoms with Gasteiger partial charge in [-0.25, -0.2) is 4.98 Å². The number of ether oxygens (including phenoxy) is 1. The van der Waals surface area contributed by atoms with Gasteiger partial charge in [-0.2, -0.15) is 9.97 Å². The zero-order valence-electron chi connectivity index (χ0n) is 9.77. The highest BCUT2D eigenvalue weighted by Gasteiger charge is 2.35. The third kappa shape index (κ3) is 2.02. The molecule has 3 heterocycles. The predicted octanol–water partition coefficient (Wildman–Crippen LogP) is -0.297. The van der Waals surface area contributed by atoms with Crippen LogP contribution in [-0.2, 0) is 4.74 Å². The van der Waals surface area contributed by atoms with Crippen LogP contribution in [0.1, 0.15) is 12.6 Å². The number of aliphatic hydroxyl groups is 2. The van der Waals surface area contributed by atoms with E-state index in [2.05, 4.69) is 15.0 Å². The molecule has 0 spiro atoms. The molecule has 1 aliphatic rings.